The molecule has 0 N–H and O–H groups in total. The summed E-state index contributed by atoms with van der Waals surface area (Å²) in [6.45, 7) is 1.47. The molecule has 0 unspecified atom stereocenters. The molecule has 9 nitrogen and oxygen atoms in total. The minimum atomic E-state index is -1.00. The molecular formula is C28H25ClN4O5S. The number of fused-ring (bicyclic) bond motifs is 3. The van der Waals surface area contributed by atoms with E-state index in [1.807, 2.05) is 48.5 Å². The van der Waals surface area contributed by atoms with E-state index >= 15 is 0 Å². The Morgan fingerprint density at radius 2 is 1.69 bits per heavy atom. The minimum Gasteiger partial charge on any atom is -0.496 e. The van der Waals surface area contributed by atoms with E-state index in [9.17, 15) is 4.79 Å². The number of benzene rings is 3. The SMILES string of the molecule is COc1cc(OC)c([C@@H]2Oc3nc(SCc4ccccc4Cl)nnc3-c3ccccc3N2C(C)=O)c(OC)c1. The van der Waals surface area contributed by atoms with Crippen LogP contribution in [0.15, 0.2) is 65.8 Å². The summed E-state index contributed by atoms with van der Waals surface area (Å²) in [4.78, 5) is 19.4. The fourth-order valence-corrected chi connectivity index (χ4v) is 5.40. The third kappa shape index (κ3) is 5.17. The van der Waals surface area contributed by atoms with Crippen LogP contribution in [0.2, 0.25) is 5.02 Å². The van der Waals surface area contributed by atoms with Crippen LogP contribution in [0, 0.1) is 0 Å². The maximum atomic E-state index is 13.2. The van der Waals surface area contributed by atoms with Crippen molar-refractivity contribution in [3.8, 4) is 34.4 Å². The quantitative estimate of drug-likeness (QED) is 0.252. The van der Waals surface area contributed by atoms with Crippen LogP contribution in [0.5, 0.6) is 23.1 Å². The number of anilines is 1. The van der Waals surface area contributed by atoms with Crippen LogP contribution in [0.25, 0.3) is 11.3 Å². The topological polar surface area (TPSA) is 95.9 Å². The Labute approximate surface area is 235 Å². The standard InChI is InChI=1S/C28H25ClN4O5S/c1-16(34)33-21-12-8-6-10-19(21)25-26(30-28(32-31-25)39-15-17-9-5-7-11-20(17)29)38-27(33)24-22(36-3)13-18(35-2)14-23(24)37-4/h5-14,27H,15H2,1-4H3/t27-/m0/s1. The third-order valence-electron chi connectivity index (χ3n) is 6.17. The number of rotatable bonds is 7. The van der Waals surface area contributed by atoms with Crippen molar-refractivity contribution in [3.63, 3.8) is 0 Å². The molecule has 39 heavy (non-hydrogen) atoms. The summed E-state index contributed by atoms with van der Waals surface area (Å²) in [5.41, 5.74) is 3.08. The second-order valence-corrected chi connectivity index (χ2v) is 9.80. The second-order valence-electron chi connectivity index (χ2n) is 8.45. The predicted octanol–water partition coefficient (Wildman–Crippen LogP) is 5.95. The van der Waals surface area contributed by atoms with Gasteiger partial charge in [-0.15, -0.1) is 10.2 Å². The van der Waals surface area contributed by atoms with Gasteiger partial charge in [0, 0.05) is 35.4 Å². The second kappa shape index (κ2) is 11.4. The lowest BCUT2D eigenvalue weighted by molar-refractivity contribution is -0.118. The molecule has 5 rings (SSSR count). The van der Waals surface area contributed by atoms with Gasteiger partial charge in [-0.2, -0.15) is 4.98 Å². The van der Waals surface area contributed by atoms with E-state index in [4.69, 9.17) is 35.5 Å². The van der Waals surface area contributed by atoms with E-state index in [1.54, 1.807) is 19.2 Å². The molecule has 1 atom stereocenters. The van der Waals surface area contributed by atoms with Crippen molar-refractivity contribution in [2.24, 2.45) is 0 Å². The highest BCUT2D eigenvalue weighted by Gasteiger charge is 2.38. The molecule has 4 aromatic rings. The summed E-state index contributed by atoms with van der Waals surface area (Å²) in [7, 11) is 4.61. The average molecular weight is 565 g/mol. The number of hydrogen-bond acceptors (Lipinski definition) is 9. The number of amides is 1. The zero-order valence-corrected chi connectivity index (χ0v) is 23.2. The van der Waals surface area contributed by atoms with Crippen LogP contribution in [0.4, 0.5) is 5.69 Å². The monoisotopic (exact) mass is 564 g/mol. The average Bonchev–Trinajstić information content (AvgIpc) is 3.10. The first-order chi connectivity index (χ1) is 18.9. The van der Waals surface area contributed by atoms with Crippen LogP contribution in [-0.4, -0.2) is 42.4 Å². The molecule has 3 aromatic carbocycles. The summed E-state index contributed by atoms with van der Waals surface area (Å²) < 4.78 is 23.4. The molecule has 1 aromatic heterocycles. The lowest BCUT2D eigenvalue weighted by atomic mass is 10.1. The molecule has 0 aliphatic carbocycles. The number of nitrogens with zero attached hydrogens (tertiary/aromatic N) is 4. The molecule has 0 fully saturated rings. The number of aromatic nitrogens is 3. The van der Waals surface area contributed by atoms with Crippen LogP contribution in [0.1, 0.15) is 24.3 Å². The van der Waals surface area contributed by atoms with Gasteiger partial charge in [0.2, 0.25) is 23.2 Å². The Bertz CT molecular complexity index is 1510. The molecule has 2 heterocycles. The van der Waals surface area contributed by atoms with Gasteiger partial charge >= 0.3 is 0 Å². The fraction of sp³-hybridized carbons (Fsp3) is 0.214. The zero-order valence-electron chi connectivity index (χ0n) is 21.7. The van der Waals surface area contributed by atoms with Crippen LogP contribution in [-0.2, 0) is 10.5 Å². The maximum Gasteiger partial charge on any atom is 0.247 e. The zero-order chi connectivity index (χ0) is 27.5. The van der Waals surface area contributed by atoms with Crippen LogP contribution >= 0.6 is 23.4 Å². The van der Waals surface area contributed by atoms with Crippen molar-refractivity contribution in [2.45, 2.75) is 24.1 Å². The van der Waals surface area contributed by atoms with E-state index in [-0.39, 0.29) is 11.8 Å². The Kier molecular flexibility index (Phi) is 7.76. The highest BCUT2D eigenvalue weighted by molar-refractivity contribution is 7.98. The number of halogens is 1. The predicted molar refractivity (Wildman–Crippen MR) is 149 cm³/mol. The van der Waals surface area contributed by atoms with Crippen LogP contribution < -0.4 is 23.8 Å². The normalized spacial score (nSPS) is 14.0. The summed E-state index contributed by atoms with van der Waals surface area (Å²) in [6, 6.07) is 18.4. The molecule has 0 saturated heterocycles. The first-order valence-electron chi connectivity index (χ1n) is 11.9. The van der Waals surface area contributed by atoms with E-state index in [0.29, 0.717) is 55.7 Å². The van der Waals surface area contributed by atoms with E-state index < -0.39 is 6.23 Å². The Hall–Kier alpha value is -4.02. The van der Waals surface area contributed by atoms with Gasteiger partial charge in [0.25, 0.3) is 0 Å². The summed E-state index contributed by atoms with van der Waals surface area (Å²) in [5, 5.41) is 9.88. The molecule has 11 heteroatoms. The fourth-order valence-electron chi connectivity index (χ4n) is 4.34. The smallest absolute Gasteiger partial charge is 0.247 e. The van der Waals surface area contributed by atoms with Crippen molar-refractivity contribution >= 4 is 35.0 Å². The molecule has 0 radical (unpaired) electrons. The number of methoxy groups -OCH3 is 3. The Morgan fingerprint density at radius 3 is 2.36 bits per heavy atom. The van der Waals surface area contributed by atoms with E-state index in [0.717, 1.165) is 5.56 Å². The van der Waals surface area contributed by atoms with Crippen molar-refractivity contribution in [3.05, 3.63) is 76.8 Å². The molecule has 200 valence electrons. The van der Waals surface area contributed by atoms with Gasteiger partial charge in [-0.1, -0.05) is 59.8 Å². The first kappa shape index (κ1) is 26.6. The molecule has 0 bridgehead atoms. The number of ether oxygens (including phenoxy) is 4. The van der Waals surface area contributed by atoms with Crippen molar-refractivity contribution < 1.29 is 23.7 Å². The van der Waals surface area contributed by atoms with E-state index in [2.05, 4.69) is 10.2 Å². The van der Waals surface area contributed by atoms with Crippen LogP contribution in [0.3, 0.4) is 0 Å². The van der Waals surface area contributed by atoms with Crippen molar-refractivity contribution in [2.75, 3.05) is 26.2 Å². The highest BCUT2D eigenvalue weighted by atomic mass is 35.5. The molecule has 1 amide bonds. The van der Waals surface area contributed by atoms with Gasteiger partial charge in [-0.05, 0) is 17.7 Å². The van der Waals surface area contributed by atoms with Gasteiger partial charge in [-0.25, -0.2) is 0 Å². The molecule has 1 aliphatic rings. The highest BCUT2D eigenvalue weighted by Crippen LogP contribution is 2.48. The van der Waals surface area contributed by atoms with Gasteiger partial charge in [-0.3, -0.25) is 9.69 Å². The largest absolute Gasteiger partial charge is 0.496 e. The number of carbonyl (C=O) groups is 1. The minimum absolute atomic E-state index is 0.216. The third-order valence-corrected chi connectivity index (χ3v) is 7.42. The molecule has 0 saturated carbocycles. The summed E-state index contributed by atoms with van der Waals surface area (Å²) >= 11 is 7.71. The Morgan fingerprint density at radius 1 is 1.00 bits per heavy atom. The summed E-state index contributed by atoms with van der Waals surface area (Å²) in [6.07, 6.45) is -1.00. The lowest BCUT2D eigenvalue weighted by Crippen LogP contribution is -2.36. The number of thioether (sulfide) groups is 1. The molecular weight excluding hydrogens is 540 g/mol. The summed E-state index contributed by atoms with van der Waals surface area (Å²) in [5.74, 6) is 1.85. The Balaban J connectivity index is 1.65. The number of hydrogen-bond donors (Lipinski definition) is 0. The van der Waals surface area contributed by atoms with Crippen molar-refractivity contribution in [1.29, 1.82) is 0 Å². The van der Waals surface area contributed by atoms with E-state index in [1.165, 1.54) is 37.8 Å². The first-order valence-corrected chi connectivity index (χ1v) is 13.3. The van der Waals surface area contributed by atoms with Gasteiger partial charge < -0.3 is 18.9 Å². The van der Waals surface area contributed by atoms with Gasteiger partial charge in [0.1, 0.15) is 17.2 Å². The lowest BCUT2D eigenvalue weighted by Gasteiger charge is -2.31. The number of carbonyl (C=O) groups excluding carboxylic acids is 1. The van der Waals surface area contributed by atoms with Gasteiger partial charge in [0.15, 0.2) is 5.69 Å². The molecule has 0 spiro atoms. The van der Waals surface area contributed by atoms with Gasteiger partial charge in [0.05, 0.1) is 32.6 Å². The number of para-hydroxylation sites is 1. The van der Waals surface area contributed by atoms with Crippen molar-refractivity contribution in [1.82, 2.24) is 15.2 Å². The molecule has 1 aliphatic heterocycles. The maximum absolute atomic E-state index is 13.2.